The van der Waals surface area contributed by atoms with E-state index in [0.29, 0.717) is 16.9 Å². The van der Waals surface area contributed by atoms with Crippen molar-refractivity contribution in [3.8, 4) is 5.69 Å². The van der Waals surface area contributed by atoms with E-state index in [4.69, 9.17) is 10.5 Å². The highest BCUT2D eigenvalue weighted by molar-refractivity contribution is 9.10. The first kappa shape index (κ1) is 13.6. The molecule has 0 bridgehead atoms. The van der Waals surface area contributed by atoms with Crippen LogP contribution in [0, 0.1) is 13.8 Å². The van der Waals surface area contributed by atoms with E-state index in [9.17, 15) is 4.79 Å². The lowest BCUT2D eigenvalue weighted by Crippen LogP contribution is -2.10. The second-order valence-corrected chi connectivity index (χ2v) is 4.96. The Morgan fingerprint density at radius 1 is 1.42 bits per heavy atom. The minimum atomic E-state index is -0.439. The van der Waals surface area contributed by atoms with E-state index in [1.54, 1.807) is 22.9 Å². The van der Waals surface area contributed by atoms with Crippen LogP contribution in [0.25, 0.3) is 5.69 Å². The summed E-state index contributed by atoms with van der Waals surface area (Å²) in [5, 5.41) is 4.41. The van der Waals surface area contributed by atoms with Gasteiger partial charge in [-0.05, 0) is 48.0 Å². The predicted molar refractivity (Wildman–Crippen MR) is 76.5 cm³/mol. The quantitative estimate of drug-likeness (QED) is 0.681. The van der Waals surface area contributed by atoms with Crippen molar-refractivity contribution in [2.24, 2.45) is 0 Å². The first-order valence-corrected chi connectivity index (χ1v) is 6.45. The molecule has 0 radical (unpaired) electrons. The van der Waals surface area contributed by atoms with Crippen LogP contribution in [0.3, 0.4) is 0 Å². The lowest BCUT2D eigenvalue weighted by molar-refractivity contribution is 0.0600. The monoisotopic (exact) mass is 323 g/mol. The molecule has 6 heteroatoms. The van der Waals surface area contributed by atoms with Crippen molar-refractivity contribution in [3.05, 3.63) is 39.6 Å². The van der Waals surface area contributed by atoms with Gasteiger partial charge in [0.25, 0.3) is 0 Å². The van der Waals surface area contributed by atoms with Crippen molar-refractivity contribution in [2.75, 3.05) is 12.8 Å². The highest BCUT2D eigenvalue weighted by atomic mass is 79.9. The number of aryl methyl sites for hydroxylation is 1. The molecule has 0 aliphatic rings. The first-order valence-electron chi connectivity index (χ1n) is 5.65. The second kappa shape index (κ2) is 5.05. The Hall–Kier alpha value is -1.82. The molecule has 1 heterocycles. The lowest BCUT2D eigenvalue weighted by Gasteiger charge is -2.10. The Kier molecular flexibility index (Phi) is 3.61. The van der Waals surface area contributed by atoms with E-state index in [0.717, 1.165) is 15.9 Å². The summed E-state index contributed by atoms with van der Waals surface area (Å²) >= 11 is 3.47. The van der Waals surface area contributed by atoms with Crippen molar-refractivity contribution in [2.45, 2.75) is 13.8 Å². The van der Waals surface area contributed by atoms with Crippen LogP contribution in [0.5, 0.6) is 0 Å². The Morgan fingerprint density at radius 3 is 2.63 bits per heavy atom. The van der Waals surface area contributed by atoms with Crippen LogP contribution in [0.2, 0.25) is 0 Å². The van der Waals surface area contributed by atoms with E-state index in [1.165, 1.54) is 7.11 Å². The number of methoxy groups -OCH3 is 1. The number of aromatic nitrogens is 2. The lowest BCUT2D eigenvalue weighted by atomic mass is 10.1. The summed E-state index contributed by atoms with van der Waals surface area (Å²) < 4.78 is 7.40. The standard InChI is InChI=1S/C13H14BrN3O2/c1-7-12(14)8(2)17(16-7)11-5-4-9(15)6-10(11)13(18)19-3/h4-6H,15H2,1-3H3. The van der Waals surface area contributed by atoms with Gasteiger partial charge in [-0.3, -0.25) is 0 Å². The van der Waals surface area contributed by atoms with Gasteiger partial charge in [-0.1, -0.05) is 0 Å². The first-order chi connectivity index (χ1) is 8.95. The van der Waals surface area contributed by atoms with E-state index < -0.39 is 5.97 Å². The third kappa shape index (κ3) is 2.35. The van der Waals surface area contributed by atoms with Gasteiger partial charge in [-0.2, -0.15) is 5.10 Å². The molecule has 0 unspecified atom stereocenters. The van der Waals surface area contributed by atoms with Crippen molar-refractivity contribution in [1.82, 2.24) is 9.78 Å². The van der Waals surface area contributed by atoms with Crippen LogP contribution in [0.4, 0.5) is 5.69 Å². The molecule has 5 nitrogen and oxygen atoms in total. The number of hydrogen-bond acceptors (Lipinski definition) is 4. The number of nitrogens with zero attached hydrogens (tertiary/aromatic N) is 2. The third-order valence-electron chi connectivity index (χ3n) is 2.86. The van der Waals surface area contributed by atoms with Crippen LogP contribution in [-0.4, -0.2) is 22.9 Å². The molecule has 0 atom stereocenters. The van der Waals surface area contributed by atoms with E-state index in [1.807, 2.05) is 13.8 Å². The maximum absolute atomic E-state index is 11.8. The molecule has 0 fully saturated rings. The van der Waals surface area contributed by atoms with Crippen LogP contribution in [0.15, 0.2) is 22.7 Å². The summed E-state index contributed by atoms with van der Waals surface area (Å²) in [6.07, 6.45) is 0. The van der Waals surface area contributed by atoms with E-state index in [2.05, 4.69) is 21.0 Å². The summed E-state index contributed by atoms with van der Waals surface area (Å²) in [5.41, 5.74) is 9.03. The number of nitrogen functional groups attached to an aromatic ring is 1. The number of carbonyl (C=O) groups is 1. The van der Waals surface area contributed by atoms with Gasteiger partial charge in [0.05, 0.1) is 34.2 Å². The second-order valence-electron chi connectivity index (χ2n) is 4.16. The van der Waals surface area contributed by atoms with Crippen molar-refractivity contribution < 1.29 is 9.53 Å². The molecule has 0 spiro atoms. The summed E-state index contributed by atoms with van der Waals surface area (Å²) in [7, 11) is 1.34. The highest BCUT2D eigenvalue weighted by Gasteiger charge is 2.18. The zero-order valence-electron chi connectivity index (χ0n) is 10.9. The van der Waals surface area contributed by atoms with Gasteiger partial charge in [0.15, 0.2) is 0 Å². The van der Waals surface area contributed by atoms with Crippen molar-refractivity contribution >= 4 is 27.6 Å². The minimum Gasteiger partial charge on any atom is -0.465 e. The molecule has 0 saturated heterocycles. The molecular formula is C13H14BrN3O2. The molecule has 2 aromatic rings. The predicted octanol–water partition coefficient (Wildman–Crippen LogP) is 2.62. The van der Waals surface area contributed by atoms with Gasteiger partial charge < -0.3 is 10.5 Å². The van der Waals surface area contributed by atoms with Crippen molar-refractivity contribution in [1.29, 1.82) is 0 Å². The fraction of sp³-hybridized carbons (Fsp3) is 0.231. The molecule has 0 aliphatic heterocycles. The molecule has 19 heavy (non-hydrogen) atoms. The zero-order chi connectivity index (χ0) is 14.2. The topological polar surface area (TPSA) is 70.1 Å². The number of esters is 1. The summed E-state index contributed by atoms with van der Waals surface area (Å²) in [6, 6.07) is 5.07. The molecule has 100 valence electrons. The Bertz CT molecular complexity index is 650. The van der Waals surface area contributed by atoms with Gasteiger partial charge in [-0.25, -0.2) is 9.48 Å². The number of halogens is 1. The van der Waals surface area contributed by atoms with Crippen LogP contribution in [-0.2, 0) is 4.74 Å². The molecule has 1 aromatic carbocycles. The van der Waals surface area contributed by atoms with E-state index >= 15 is 0 Å². The van der Waals surface area contributed by atoms with Crippen LogP contribution < -0.4 is 5.73 Å². The maximum atomic E-state index is 11.8. The Balaban J connectivity index is 2.68. The zero-order valence-corrected chi connectivity index (χ0v) is 12.5. The summed E-state index contributed by atoms with van der Waals surface area (Å²) in [5.74, 6) is -0.439. The summed E-state index contributed by atoms with van der Waals surface area (Å²) in [4.78, 5) is 11.8. The molecule has 1 aromatic heterocycles. The Labute approximate surface area is 119 Å². The number of anilines is 1. The molecular weight excluding hydrogens is 310 g/mol. The average molecular weight is 324 g/mol. The molecule has 0 aliphatic carbocycles. The largest absolute Gasteiger partial charge is 0.465 e. The average Bonchev–Trinajstić information content (AvgIpc) is 2.65. The fourth-order valence-corrected chi connectivity index (χ4v) is 2.12. The van der Waals surface area contributed by atoms with Gasteiger partial charge >= 0.3 is 5.97 Å². The fourth-order valence-electron chi connectivity index (χ4n) is 1.87. The molecule has 0 amide bonds. The maximum Gasteiger partial charge on any atom is 0.340 e. The van der Waals surface area contributed by atoms with Crippen molar-refractivity contribution in [3.63, 3.8) is 0 Å². The minimum absolute atomic E-state index is 0.389. The highest BCUT2D eigenvalue weighted by Crippen LogP contribution is 2.26. The van der Waals surface area contributed by atoms with Gasteiger partial charge in [0, 0.05) is 5.69 Å². The van der Waals surface area contributed by atoms with Gasteiger partial charge in [0.1, 0.15) is 0 Å². The normalized spacial score (nSPS) is 10.5. The van der Waals surface area contributed by atoms with Crippen LogP contribution >= 0.6 is 15.9 Å². The number of carbonyl (C=O) groups excluding carboxylic acids is 1. The summed E-state index contributed by atoms with van der Waals surface area (Å²) in [6.45, 7) is 3.81. The van der Waals surface area contributed by atoms with Gasteiger partial charge in [-0.15, -0.1) is 0 Å². The van der Waals surface area contributed by atoms with E-state index in [-0.39, 0.29) is 0 Å². The molecule has 2 N–H and O–H groups in total. The SMILES string of the molecule is COC(=O)c1cc(N)ccc1-n1nc(C)c(Br)c1C. The number of benzene rings is 1. The molecule has 0 saturated carbocycles. The number of hydrogen-bond donors (Lipinski definition) is 1. The molecule has 2 rings (SSSR count). The third-order valence-corrected chi connectivity index (χ3v) is 4.00. The van der Waals surface area contributed by atoms with Crippen LogP contribution in [0.1, 0.15) is 21.7 Å². The van der Waals surface area contributed by atoms with Gasteiger partial charge in [0.2, 0.25) is 0 Å². The number of ether oxygens (including phenoxy) is 1. The number of nitrogens with two attached hydrogens (primary N) is 1. The smallest absolute Gasteiger partial charge is 0.340 e. The number of rotatable bonds is 2. The Morgan fingerprint density at radius 2 is 2.11 bits per heavy atom.